The van der Waals surface area contributed by atoms with Crippen molar-refractivity contribution in [2.75, 3.05) is 12.9 Å². The minimum absolute atomic E-state index is 0.354. The molecule has 0 bridgehead atoms. The minimum Gasteiger partial charge on any atom is -0.468 e. The van der Waals surface area contributed by atoms with Crippen molar-refractivity contribution in [3.63, 3.8) is 0 Å². The second kappa shape index (κ2) is 5.82. The van der Waals surface area contributed by atoms with Gasteiger partial charge in [-0.1, -0.05) is 13.3 Å². The average molecular weight is 263 g/mol. The van der Waals surface area contributed by atoms with Crippen molar-refractivity contribution in [3.05, 3.63) is 0 Å². The molecule has 100 valence electrons. The van der Waals surface area contributed by atoms with Crippen LogP contribution in [-0.4, -0.2) is 38.5 Å². The second-order valence-corrected chi connectivity index (χ2v) is 6.89. The molecule has 1 fully saturated rings. The lowest BCUT2D eigenvalue weighted by Crippen LogP contribution is -2.46. The fourth-order valence-corrected chi connectivity index (χ4v) is 4.24. The first-order valence-electron chi connectivity index (χ1n) is 5.94. The summed E-state index contributed by atoms with van der Waals surface area (Å²) >= 11 is 0. The molecule has 5 nitrogen and oxygen atoms in total. The Hall–Kier alpha value is -0.620. The maximum absolute atomic E-state index is 12.0. The Labute approximate surface area is 103 Å². The topological polar surface area (TPSA) is 86.5 Å². The van der Waals surface area contributed by atoms with Crippen LogP contribution in [0.1, 0.15) is 32.6 Å². The summed E-state index contributed by atoms with van der Waals surface area (Å²) in [4.78, 5) is 11.1. The van der Waals surface area contributed by atoms with Crippen LogP contribution in [0.4, 0.5) is 0 Å². The fourth-order valence-electron chi connectivity index (χ4n) is 2.35. The number of nitrogens with two attached hydrogens (primary N) is 1. The summed E-state index contributed by atoms with van der Waals surface area (Å²) in [7, 11) is -2.30. The second-order valence-electron chi connectivity index (χ2n) is 4.67. The highest BCUT2D eigenvalue weighted by atomic mass is 32.2. The number of hydrogen-bond acceptors (Lipinski definition) is 5. The Balaban J connectivity index is 2.77. The van der Waals surface area contributed by atoms with Gasteiger partial charge >= 0.3 is 5.97 Å². The van der Waals surface area contributed by atoms with Crippen molar-refractivity contribution in [1.82, 2.24) is 0 Å². The summed E-state index contributed by atoms with van der Waals surface area (Å²) in [6, 6.07) is -0.354. The van der Waals surface area contributed by atoms with Crippen LogP contribution < -0.4 is 5.73 Å². The van der Waals surface area contributed by atoms with Crippen molar-refractivity contribution in [3.8, 4) is 0 Å². The molecule has 1 aliphatic rings. The quantitative estimate of drug-likeness (QED) is 0.745. The molecule has 1 rings (SSSR count). The van der Waals surface area contributed by atoms with E-state index < -0.39 is 26.8 Å². The number of hydrogen-bond donors (Lipinski definition) is 1. The molecule has 2 N–H and O–H groups in total. The monoisotopic (exact) mass is 263 g/mol. The number of ether oxygens (including phenoxy) is 1. The third-order valence-corrected chi connectivity index (χ3v) is 5.64. The number of sulfone groups is 1. The maximum atomic E-state index is 12.0. The molecular weight excluding hydrogens is 242 g/mol. The molecule has 0 aromatic heterocycles. The van der Waals surface area contributed by atoms with Gasteiger partial charge in [0.15, 0.2) is 9.84 Å². The molecule has 17 heavy (non-hydrogen) atoms. The number of carbonyl (C=O) groups is 1. The molecule has 3 unspecified atom stereocenters. The average Bonchev–Trinajstić information content (AvgIpc) is 2.28. The number of carbonyl (C=O) groups excluding carboxylic acids is 1. The van der Waals surface area contributed by atoms with Gasteiger partial charge in [-0.3, -0.25) is 4.79 Å². The van der Waals surface area contributed by atoms with Gasteiger partial charge in [0, 0.05) is 6.04 Å². The van der Waals surface area contributed by atoms with E-state index in [0.29, 0.717) is 18.8 Å². The van der Waals surface area contributed by atoms with Gasteiger partial charge in [-0.25, -0.2) is 8.42 Å². The Kier molecular flexibility index (Phi) is 4.94. The van der Waals surface area contributed by atoms with Crippen LogP contribution in [-0.2, 0) is 19.4 Å². The van der Waals surface area contributed by atoms with Crippen LogP contribution in [0.3, 0.4) is 0 Å². The molecule has 0 radical (unpaired) electrons. The molecule has 3 atom stereocenters. The highest BCUT2D eigenvalue weighted by molar-refractivity contribution is 7.92. The van der Waals surface area contributed by atoms with Crippen LogP contribution in [0.5, 0.6) is 0 Å². The predicted octanol–water partition coefficient (Wildman–Crippen LogP) is 0.480. The van der Waals surface area contributed by atoms with Gasteiger partial charge in [-0.2, -0.15) is 0 Å². The molecule has 0 heterocycles. The zero-order valence-corrected chi connectivity index (χ0v) is 11.2. The number of rotatable bonds is 4. The standard InChI is InChI=1S/C11H21NO4S/c1-3-8-4-5-9(12)10(6-8)17(14,15)7-11(13)16-2/h8-10H,3-7,12H2,1-2H3. The number of methoxy groups -OCH3 is 1. The molecule has 0 aromatic carbocycles. The smallest absolute Gasteiger partial charge is 0.320 e. The van der Waals surface area contributed by atoms with Crippen LogP contribution in [0.15, 0.2) is 0 Å². The maximum Gasteiger partial charge on any atom is 0.320 e. The zero-order valence-electron chi connectivity index (χ0n) is 10.4. The van der Waals surface area contributed by atoms with E-state index >= 15 is 0 Å². The van der Waals surface area contributed by atoms with E-state index in [-0.39, 0.29) is 6.04 Å². The van der Waals surface area contributed by atoms with Crippen LogP contribution in [0, 0.1) is 5.92 Å². The molecule has 1 aliphatic carbocycles. The summed E-state index contributed by atoms with van der Waals surface area (Å²) in [6.45, 7) is 2.05. The summed E-state index contributed by atoms with van der Waals surface area (Å²) < 4.78 is 28.5. The zero-order chi connectivity index (χ0) is 13.1. The normalized spacial score (nSPS) is 29.9. The Morgan fingerprint density at radius 1 is 1.41 bits per heavy atom. The SMILES string of the molecule is CCC1CCC(N)C(S(=O)(=O)CC(=O)OC)C1. The van der Waals surface area contributed by atoms with Crippen LogP contribution >= 0.6 is 0 Å². The Morgan fingerprint density at radius 3 is 2.59 bits per heavy atom. The first-order valence-corrected chi connectivity index (χ1v) is 7.66. The van der Waals surface area contributed by atoms with Crippen LogP contribution in [0.25, 0.3) is 0 Å². The molecule has 0 aliphatic heterocycles. The summed E-state index contributed by atoms with van der Waals surface area (Å²) in [5.41, 5.74) is 5.87. The van der Waals surface area contributed by atoms with Gasteiger partial charge in [0.2, 0.25) is 0 Å². The van der Waals surface area contributed by atoms with Crippen LogP contribution in [0.2, 0.25) is 0 Å². The summed E-state index contributed by atoms with van der Waals surface area (Å²) in [5, 5.41) is -0.597. The first-order chi connectivity index (χ1) is 7.90. The van der Waals surface area contributed by atoms with Gasteiger partial charge in [-0.15, -0.1) is 0 Å². The van der Waals surface area contributed by atoms with E-state index in [1.165, 1.54) is 7.11 Å². The molecule has 1 saturated carbocycles. The molecule has 0 saturated heterocycles. The lowest BCUT2D eigenvalue weighted by atomic mass is 9.84. The Bertz CT molecular complexity index is 366. The van der Waals surface area contributed by atoms with E-state index in [4.69, 9.17) is 5.73 Å². The van der Waals surface area contributed by atoms with Crippen molar-refractivity contribution in [1.29, 1.82) is 0 Å². The van der Waals surface area contributed by atoms with Gasteiger partial charge in [0.05, 0.1) is 12.4 Å². The van der Waals surface area contributed by atoms with E-state index in [2.05, 4.69) is 4.74 Å². The van der Waals surface area contributed by atoms with Gasteiger partial charge < -0.3 is 10.5 Å². The number of esters is 1. The first kappa shape index (κ1) is 14.4. The fraction of sp³-hybridized carbons (Fsp3) is 0.909. The third-order valence-electron chi connectivity index (χ3n) is 3.54. The minimum atomic E-state index is -3.49. The largest absolute Gasteiger partial charge is 0.468 e. The van der Waals surface area contributed by atoms with Crippen molar-refractivity contribution in [2.24, 2.45) is 11.7 Å². The van der Waals surface area contributed by atoms with E-state index in [1.54, 1.807) is 0 Å². The van der Waals surface area contributed by atoms with E-state index in [9.17, 15) is 13.2 Å². The molecule has 0 spiro atoms. The summed E-state index contributed by atoms with van der Waals surface area (Å²) in [5.74, 6) is -0.874. The van der Waals surface area contributed by atoms with Crippen molar-refractivity contribution < 1.29 is 17.9 Å². The predicted molar refractivity (Wildman–Crippen MR) is 65.2 cm³/mol. The van der Waals surface area contributed by atoms with E-state index in [1.807, 2.05) is 6.92 Å². The highest BCUT2D eigenvalue weighted by Gasteiger charge is 2.37. The summed E-state index contributed by atoms with van der Waals surface area (Å²) in [6.07, 6.45) is 3.21. The highest BCUT2D eigenvalue weighted by Crippen LogP contribution is 2.30. The lowest BCUT2D eigenvalue weighted by molar-refractivity contribution is -0.137. The van der Waals surface area contributed by atoms with Crippen molar-refractivity contribution >= 4 is 15.8 Å². The molecule has 6 heteroatoms. The molecular formula is C11H21NO4S. The van der Waals surface area contributed by atoms with Gasteiger partial charge in [0.25, 0.3) is 0 Å². The molecule has 0 amide bonds. The van der Waals surface area contributed by atoms with Gasteiger partial charge in [-0.05, 0) is 25.2 Å². The Morgan fingerprint density at radius 2 is 2.06 bits per heavy atom. The lowest BCUT2D eigenvalue weighted by Gasteiger charge is -2.33. The van der Waals surface area contributed by atoms with Crippen molar-refractivity contribution in [2.45, 2.75) is 43.9 Å². The van der Waals surface area contributed by atoms with Gasteiger partial charge in [0.1, 0.15) is 5.75 Å². The third kappa shape index (κ3) is 3.67. The van der Waals surface area contributed by atoms with E-state index in [0.717, 1.165) is 12.8 Å². The molecule has 0 aromatic rings.